The van der Waals surface area contributed by atoms with Crippen LogP contribution in [0, 0.1) is 5.92 Å². The minimum Gasteiger partial charge on any atom is -0.306 e. The maximum Gasteiger partial charge on any atom is -0.00190 e. The average Bonchev–Trinajstić information content (AvgIpc) is 1.90. The van der Waals surface area contributed by atoms with Crippen LogP contribution in [0.2, 0.25) is 0 Å². The Morgan fingerprint density at radius 2 is 2.00 bits per heavy atom. The van der Waals surface area contributed by atoms with Crippen molar-refractivity contribution in [3.63, 3.8) is 0 Å². The molecule has 1 rings (SSSR count). The summed E-state index contributed by atoms with van der Waals surface area (Å²) in [5.41, 5.74) is 0. The molecule has 0 aromatic heterocycles. The van der Waals surface area contributed by atoms with Crippen molar-refractivity contribution in [2.24, 2.45) is 5.92 Å². The summed E-state index contributed by atoms with van der Waals surface area (Å²) in [6.45, 7) is 2.61. The van der Waals surface area contributed by atoms with Crippen LogP contribution in [0.1, 0.15) is 12.8 Å². The Hall–Kier alpha value is 0.390. The van der Waals surface area contributed by atoms with Gasteiger partial charge in [0.2, 0.25) is 0 Å². The zero-order valence-corrected chi connectivity index (χ0v) is 7.29. The van der Waals surface area contributed by atoms with E-state index in [-0.39, 0.29) is 0 Å². The number of rotatable bonds is 1. The van der Waals surface area contributed by atoms with Crippen molar-refractivity contribution in [3.8, 4) is 0 Å². The summed E-state index contributed by atoms with van der Waals surface area (Å²) < 4.78 is 0. The van der Waals surface area contributed by atoms with E-state index in [9.17, 15) is 0 Å². The van der Waals surface area contributed by atoms with E-state index in [0.29, 0.717) is 0 Å². The molecule has 1 saturated heterocycles. The molecule has 0 bridgehead atoms. The second-order valence-electron chi connectivity index (χ2n) is 2.98. The van der Waals surface area contributed by atoms with Crippen LogP contribution in [-0.2, 0) is 0 Å². The molecule has 0 amide bonds. The van der Waals surface area contributed by atoms with Gasteiger partial charge in [-0.1, -0.05) is 0 Å². The molecule has 0 spiro atoms. The summed E-state index contributed by atoms with van der Waals surface area (Å²) in [6, 6.07) is 0. The van der Waals surface area contributed by atoms with Gasteiger partial charge in [0.1, 0.15) is 0 Å². The van der Waals surface area contributed by atoms with Crippen molar-refractivity contribution in [2.75, 3.05) is 26.3 Å². The highest BCUT2D eigenvalue weighted by atomic mass is 31.0. The highest BCUT2D eigenvalue weighted by molar-refractivity contribution is 7.16. The lowest BCUT2D eigenvalue weighted by Crippen LogP contribution is -2.30. The molecule has 1 atom stereocenters. The molecule has 9 heavy (non-hydrogen) atoms. The molecule has 0 aromatic carbocycles. The fourth-order valence-corrected chi connectivity index (χ4v) is 1.77. The minimum absolute atomic E-state index is 0.992. The van der Waals surface area contributed by atoms with Crippen LogP contribution in [0.15, 0.2) is 0 Å². The molecular weight excluding hydrogens is 129 g/mol. The molecule has 54 valence electrons. The monoisotopic (exact) mass is 145 g/mol. The van der Waals surface area contributed by atoms with E-state index in [2.05, 4.69) is 21.2 Å². The Bertz CT molecular complexity index is 77.0. The summed E-state index contributed by atoms with van der Waals surface area (Å²) in [6.07, 6.45) is 4.11. The van der Waals surface area contributed by atoms with Gasteiger partial charge in [0, 0.05) is 0 Å². The van der Waals surface area contributed by atoms with Gasteiger partial charge in [0.15, 0.2) is 0 Å². The van der Waals surface area contributed by atoms with Gasteiger partial charge < -0.3 is 4.90 Å². The zero-order valence-electron chi connectivity index (χ0n) is 6.14. The van der Waals surface area contributed by atoms with Crippen molar-refractivity contribution in [2.45, 2.75) is 12.8 Å². The van der Waals surface area contributed by atoms with E-state index < -0.39 is 0 Å². The van der Waals surface area contributed by atoms with Gasteiger partial charge in [-0.3, -0.25) is 0 Å². The SMILES string of the molecule is CN1CCC(CP)CC1. The van der Waals surface area contributed by atoms with Crippen molar-refractivity contribution in [1.29, 1.82) is 0 Å². The summed E-state index contributed by atoms with van der Waals surface area (Å²) in [4.78, 5) is 2.41. The van der Waals surface area contributed by atoms with Gasteiger partial charge in [0.05, 0.1) is 0 Å². The summed E-state index contributed by atoms with van der Waals surface area (Å²) in [7, 11) is 5.05. The normalized spacial score (nSPS) is 24.7. The third kappa shape index (κ3) is 2.23. The van der Waals surface area contributed by atoms with E-state index in [1.165, 1.54) is 32.1 Å². The zero-order chi connectivity index (χ0) is 6.69. The number of nitrogens with zero attached hydrogens (tertiary/aromatic N) is 1. The molecular formula is C7H16NP. The van der Waals surface area contributed by atoms with E-state index in [1.807, 2.05) is 0 Å². The summed E-state index contributed by atoms with van der Waals surface area (Å²) >= 11 is 0. The van der Waals surface area contributed by atoms with Crippen LogP contribution in [0.25, 0.3) is 0 Å². The van der Waals surface area contributed by atoms with Crippen LogP contribution < -0.4 is 0 Å². The number of hydrogen-bond donors (Lipinski definition) is 0. The van der Waals surface area contributed by atoms with Crippen molar-refractivity contribution in [1.82, 2.24) is 4.90 Å². The van der Waals surface area contributed by atoms with Gasteiger partial charge in [0.25, 0.3) is 0 Å². The predicted molar refractivity (Wildman–Crippen MR) is 44.8 cm³/mol. The minimum atomic E-state index is 0.992. The standard InChI is InChI=1S/C7H16NP/c1-8-4-2-7(6-9)3-5-8/h7H,2-6,9H2,1H3. The first kappa shape index (κ1) is 7.50. The van der Waals surface area contributed by atoms with E-state index in [1.54, 1.807) is 0 Å². The Kier molecular flexibility index (Phi) is 2.94. The third-order valence-corrected chi connectivity index (χ3v) is 2.84. The first-order valence-electron chi connectivity index (χ1n) is 3.71. The highest BCUT2D eigenvalue weighted by Crippen LogP contribution is 2.17. The van der Waals surface area contributed by atoms with E-state index in [0.717, 1.165) is 5.92 Å². The van der Waals surface area contributed by atoms with Crippen LogP contribution >= 0.6 is 9.24 Å². The van der Waals surface area contributed by atoms with Crippen molar-refractivity contribution >= 4 is 9.24 Å². The molecule has 2 heteroatoms. The predicted octanol–water partition coefficient (Wildman–Crippen LogP) is 1.20. The van der Waals surface area contributed by atoms with Gasteiger partial charge >= 0.3 is 0 Å². The second kappa shape index (κ2) is 3.53. The number of likely N-dealkylation sites (tertiary alicyclic amines) is 1. The lowest BCUT2D eigenvalue weighted by atomic mass is 10.00. The molecule has 1 unspecified atom stereocenters. The molecule has 1 heterocycles. The first-order valence-corrected chi connectivity index (χ1v) is 4.53. The molecule has 0 radical (unpaired) electrons. The highest BCUT2D eigenvalue weighted by Gasteiger charge is 2.13. The quantitative estimate of drug-likeness (QED) is 0.501. The molecule has 0 aromatic rings. The van der Waals surface area contributed by atoms with E-state index in [4.69, 9.17) is 0 Å². The van der Waals surface area contributed by atoms with Crippen LogP contribution in [0.4, 0.5) is 0 Å². The van der Waals surface area contributed by atoms with Crippen molar-refractivity contribution in [3.05, 3.63) is 0 Å². The molecule has 0 saturated carbocycles. The average molecular weight is 145 g/mol. The molecule has 1 fully saturated rings. The van der Waals surface area contributed by atoms with Crippen LogP contribution in [-0.4, -0.2) is 31.2 Å². The molecule has 0 aliphatic carbocycles. The topological polar surface area (TPSA) is 3.24 Å². The Labute approximate surface area is 60.0 Å². The van der Waals surface area contributed by atoms with Crippen LogP contribution in [0.5, 0.6) is 0 Å². The van der Waals surface area contributed by atoms with E-state index >= 15 is 0 Å². The third-order valence-electron chi connectivity index (χ3n) is 2.17. The Morgan fingerprint density at radius 1 is 1.44 bits per heavy atom. The fourth-order valence-electron chi connectivity index (χ4n) is 1.30. The Morgan fingerprint density at radius 3 is 2.44 bits per heavy atom. The molecule has 0 N–H and O–H groups in total. The number of hydrogen-bond acceptors (Lipinski definition) is 1. The largest absolute Gasteiger partial charge is 0.306 e. The lowest BCUT2D eigenvalue weighted by Gasteiger charge is -2.27. The molecule has 1 aliphatic heterocycles. The molecule has 1 aliphatic rings. The van der Waals surface area contributed by atoms with Gasteiger partial charge in [-0.25, -0.2) is 0 Å². The van der Waals surface area contributed by atoms with Crippen LogP contribution in [0.3, 0.4) is 0 Å². The Balaban J connectivity index is 2.18. The van der Waals surface area contributed by atoms with Gasteiger partial charge in [-0.2, -0.15) is 0 Å². The lowest BCUT2D eigenvalue weighted by molar-refractivity contribution is 0.232. The first-order chi connectivity index (χ1) is 4.33. The van der Waals surface area contributed by atoms with Gasteiger partial charge in [-0.15, -0.1) is 9.24 Å². The fraction of sp³-hybridized carbons (Fsp3) is 1.00. The van der Waals surface area contributed by atoms with Gasteiger partial charge in [-0.05, 0) is 45.1 Å². The van der Waals surface area contributed by atoms with Crippen molar-refractivity contribution < 1.29 is 0 Å². The second-order valence-corrected chi connectivity index (χ2v) is 3.45. The molecule has 1 nitrogen and oxygen atoms in total. The maximum atomic E-state index is 2.84. The maximum absolute atomic E-state index is 2.84. The smallest absolute Gasteiger partial charge is 0.00190 e. The summed E-state index contributed by atoms with van der Waals surface area (Å²) in [5.74, 6) is 0.992. The summed E-state index contributed by atoms with van der Waals surface area (Å²) in [5, 5.41) is 0. The number of piperidine rings is 1.